The van der Waals surface area contributed by atoms with E-state index in [1.165, 1.54) is 0 Å². The van der Waals surface area contributed by atoms with Crippen LogP contribution in [-0.4, -0.2) is 14.1 Å². The molecule has 0 amide bonds. The largest absolute Gasteiger partial charge is 0.294 e. The predicted molar refractivity (Wildman–Crippen MR) is 71.2 cm³/mol. The molecule has 0 aliphatic heterocycles. The fourth-order valence-electron chi connectivity index (χ4n) is 0.639. The maximum atomic E-state index is 11.5. The molecule has 0 aromatic carbocycles. The summed E-state index contributed by atoms with van der Waals surface area (Å²) in [5.41, 5.74) is 0.329. The Hall–Kier alpha value is 1.37. The first kappa shape index (κ1) is 13.4. The van der Waals surface area contributed by atoms with Gasteiger partial charge >= 0.3 is 0 Å². The average Bonchev–Trinajstić information content (AvgIpc) is 1.85. The van der Waals surface area contributed by atoms with Gasteiger partial charge in [0, 0.05) is 0 Å². The Kier molecular flexibility index (Phi) is 6.66. The predicted octanol–water partition coefficient (Wildman–Crippen LogP) is 3.70. The number of hydrogen-bond acceptors (Lipinski definition) is 1. The van der Waals surface area contributed by atoms with Crippen LogP contribution < -0.4 is 0 Å². The van der Waals surface area contributed by atoms with Crippen LogP contribution in [0.25, 0.3) is 0 Å². The van der Waals surface area contributed by atoms with Crippen LogP contribution >= 0.6 is 46.8 Å². The van der Waals surface area contributed by atoms with E-state index in [0.717, 1.165) is 12.7 Å². The molecule has 0 aromatic rings. The molecule has 0 spiro atoms. The van der Waals surface area contributed by atoms with Gasteiger partial charge in [0.1, 0.15) is 0 Å². The number of hydrogen-bond donors (Lipinski definition) is 0. The highest BCUT2D eigenvalue weighted by atomic mass is 127. The quantitative estimate of drug-likeness (QED) is 0.315. The van der Waals surface area contributed by atoms with Crippen molar-refractivity contribution < 1.29 is 4.79 Å². The third kappa shape index (κ3) is 5.93. The van der Waals surface area contributed by atoms with Crippen molar-refractivity contribution in [3.8, 4) is 0 Å². The number of rotatable bonds is 5. The zero-order valence-electron chi connectivity index (χ0n) is 7.66. The van der Waals surface area contributed by atoms with E-state index >= 15 is 0 Å². The van der Waals surface area contributed by atoms with Crippen LogP contribution in [0, 0.1) is 0 Å². The van der Waals surface area contributed by atoms with Crippen LogP contribution in [0.3, 0.4) is 0 Å². The summed E-state index contributed by atoms with van der Waals surface area (Å²) in [5, 5.41) is 0. The van der Waals surface area contributed by atoms with Crippen LogP contribution in [0.5, 0.6) is 0 Å². The molecule has 1 atom stereocenters. The highest BCUT2D eigenvalue weighted by Crippen LogP contribution is 2.34. The fraction of sp³-hybridized carbons (Fsp3) is 0.857. The SMILES string of the molecule is CCCB(I)PC(=O)C(C)(C)Br. The summed E-state index contributed by atoms with van der Waals surface area (Å²) in [6, 6.07) is 0. The topological polar surface area (TPSA) is 17.1 Å². The summed E-state index contributed by atoms with van der Waals surface area (Å²) in [4.78, 5) is 11.5. The number of halogens is 2. The lowest BCUT2D eigenvalue weighted by Gasteiger charge is -2.15. The Morgan fingerprint density at radius 2 is 2.17 bits per heavy atom. The Labute approximate surface area is 98.6 Å². The molecule has 0 radical (unpaired) electrons. The van der Waals surface area contributed by atoms with Crippen molar-refractivity contribution in [3.05, 3.63) is 0 Å². The molecule has 1 nitrogen and oxygen atoms in total. The lowest BCUT2D eigenvalue weighted by atomic mass is 10.0. The van der Waals surface area contributed by atoms with E-state index in [2.05, 4.69) is 45.2 Å². The number of alkyl halides is 1. The van der Waals surface area contributed by atoms with Crippen LogP contribution in [-0.2, 0) is 4.79 Å². The van der Waals surface area contributed by atoms with E-state index in [9.17, 15) is 4.79 Å². The van der Waals surface area contributed by atoms with Gasteiger partial charge in [-0.2, -0.15) is 0 Å². The van der Waals surface area contributed by atoms with Gasteiger partial charge in [0.25, 0.3) is 4.29 Å². The van der Waals surface area contributed by atoms with Crippen molar-refractivity contribution in [1.29, 1.82) is 0 Å². The highest BCUT2D eigenvalue weighted by molar-refractivity contribution is 14.1. The highest BCUT2D eigenvalue weighted by Gasteiger charge is 2.26. The van der Waals surface area contributed by atoms with Crippen LogP contribution in [0.1, 0.15) is 27.2 Å². The molecule has 5 heteroatoms. The van der Waals surface area contributed by atoms with Gasteiger partial charge in [-0.25, -0.2) is 0 Å². The van der Waals surface area contributed by atoms with Gasteiger partial charge in [0.05, 0.1) is 4.32 Å². The molecule has 1 unspecified atom stereocenters. The first-order valence-corrected chi connectivity index (χ1v) is 7.13. The Balaban J connectivity index is 3.85. The summed E-state index contributed by atoms with van der Waals surface area (Å²) in [6.45, 7) is 5.98. The summed E-state index contributed by atoms with van der Waals surface area (Å²) >= 11 is 5.75. The van der Waals surface area contributed by atoms with Crippen molar-refractivity contribution in [2.24, 2.45) is 0 Å². The van der Waals surface area contributed by atoms with Crippen molar-refractivity contribution in [2.45, 2.75) is 37.8 Å². The van der Waals surface area contributed by atoms with Crippen LogP contribution in [0.4, 0.5) is 0 Å². The number of carbonyl (C=O) groups excluding carboxylic acids is 1. The minimum atomic E-state index is -0.331. The molecular formula is C7H14BBrIOP. The van der Waals surface area contributed by atoms with Gasteiger partial charge in [-0.15, -0.1) is 22.4 Å². The zero-order valence-corrected chi connectivity index (χ0v) is 12.4. The normalized spacial score (nSPS) is 12.4. The molecular weight excluding hydrogens is 349 g/mol. The van der Waals surface area contributed by atoms with E-state index < -0.39 is 0 Å². The van der Waals surface area contributed by atoms with Gasteiger partial charge in [-0.1, -0.05) is 44.1 Å². The lowest BCUT2D eigenvalue weighted by molar-refractivity contribution is -0.112. The molecule has 0 fully saturated rings. The first-order chi connectivity index (χ1) is 5.38. The average molecular weight is 363 g/mol. The Bertz CT molecular complexity index is 160. The van der Waals surface area contributed by atoms with Gasteiger partial charge < -0.3 is 0 Å². The summed E-state index contributed by atoms with van der Waals surface area (Å²) in [5.74, 6) is 0. The molecule has 0 heterocycles. The number of carbonyl (C=O) groups is 1. The van der Waals surface area contributed by atoms with Gasteiger partial charge in [0.2, 0.25) is 0 Å². The maximum absolute atomic E-state index is 11.5. The molecule has 0 N–H and O–H groups in total. The summed E-state index contributed by atoms with van der Waals surface area (Å²) in [7, 11) is 0.439. The third-order valence-corrected chi connectivity index (χ3v) is 5.14. The van der Waals surface area contributed by atoms with E-state index in [0.29, 0.717) is 18.3 Å². The second kappa shape index (κ2) is 5.97. The van der Waals surface area contributed by atoms with Crippen molar-refractivity contribution in [1.82, 2.24) is 0 Å². The standard InChI is InChI=1S/C7H14BBrIOP/c1-4-5-8(10)12-6(11)7(2,3)9/h12H,4-5H2,1-3H3. The monoisotopic (exact) mass is 362 g/mol. The smallest absolute Gasteiger partial charge is 0.250 e. The molecule has 0 aliphatic carbocycles. The molecule has 0 bridgehead atoms. The van der Waals surface area contributed by atoms with Gasteiger partial charge in [-0.05, 0) is 13.8 Å². The van der Waals surface area contributed by atoms with E-state index in [4.69, 9.17) is 0 Å². The van der Waals surface area contributed by atoms with Crippen molar-refractivity contribution in [3.63, 3.8) is 0 Å². The molecule has 70 valence electrons. The summed E-state index contributed by atoms with van der Waals surface area (Å²) < 4.78 is 0.194. The summed E-state index contributed by atoms with van der Waals surface area (Å²) in [6.07, 6.45) is 2.31. The maximum Gasteiger partial charge on any atom is 0.250 e. The first-order valence-electron chi connectivity index (χ1n) is 4.02. The fourth-order valence-corrected chi connectivity index (χ4v) is 3.51. The van der Waals surface area contributed by atoms with Crippen molar-refractivity contribution >= 4 is 56.6 Å². The molecule has 12 heavy (non-hydrogen) atoms. The molecule has 0 rings (SSSR count). The molecule has 0 aliphatic rings. The zero-order chi connectivity index (χ0) is 9.78. The third-order valence-electron chi connectivity index (χ3n) is 1.37. The second-order valence-electron chi connectivity index (χ2n) is 3.20. The minimum absolute atomic E-state index is 0.329. The minimum Gasteiger partial charge on any atom is -0.294 e. The lowest BCUT2D eigenvalue weighted by Crippen LogP contribution is -2.21. The Morgan fingerprint density at radius 3 is 2.50 bits per heavy atom. The molecule has 0 saturated heterocycles. The van der Waals surface area contributed by atoms with Gasteiger partial charge in [0.15, 0.2) is 5.52 Å². The van der Waals surface area contributed by atoms with E-state index in [1.807, 2.05) is 13.8 Å². The second-order valence-corrected chi connectivity index (χ2v) is 9.30. The van der Waals surface area contributed by atoms with Crippen LogP contribution in [0.15, 0.2) is 0 Å². The van der Waals surface area contributed by atoms with E-state index in [-0.39, 0.29) is 4.32 Å². The van der Waals surface area contributed by atoms with Gasteiger partial charge in [-0.3, -0.25) is 4.79 Å². The molecule has 0 saturated carbocycles. The van der Waals surface area contributed by atoms with E-state index in [1.54, 1.807) is 0 Å². The Morgan fingerprint density at radius 1 is 1.67 bits per heavy atom. The molecule has 0 aromatic heterocycles. The van der Waals surface area contributed by atoms with Crippen LogP contribution in [0.2, 0.25) is 6.32 Å². The van der Waals surface area contributed by atoms with Crippen molar-refractivity contribution in [2.75, 3.05) is 0 Å².